The Bertz CT molecular complexity index is 4170. The Kier molecular flexibility index (Phi) is 16.8. The number of nitrogens with one attached hydrogen (secondary N) is 3. The predicted molar refractivity (Wildman–Crippen MR) is 356 cm³/mol. The quantitative estimate of drug-likeness (QED) is 0.0736. The van der Waals surface area contributed by atoms with E-state index in [1.165, 1.54) is 78.4 Å². The molecule has 8 aliphatic heterocycles. The number of benzene rings is 4. The number of rotatable bonds is 10. The summed E-state index contributed by atoms with van der Waals surface area (Å²) in [7, 11) is 12.6. The fourth-order valence-electron chi connectivity index (χ4n) is 20.4. The summed E-state index contributed by atoms with van der Waals surface area (Å²) in [5.41, 5.74) is 11.6. The van der Waals surface area contributed by atoms with E-state index < -0.39 is 24.1 Å². The van der Waals surface area contributed by atoms with Gasteiger partial charge in [0.1, 0.15) is 48.1 Å². The Morgan fingerprint density at radius 3 is 1.51 bits per heavy atom. The summed E-state index contributed by atoms with van der Waals surface area (Å²) in [6.45, 7) is 5.94. The summed E-state index contributed by atoms with van der Waals surface area (Å²) < 4.78 is 61.7. The van der Waals surface area contributed by atoms with Crippen LogP contribution in [0.25, 0.3) is 32.7 Å². The second-order valence-electron chi connectivity index (χ2n) is 28.7. The lowest BCUT2D eigenvalue weighted by Gasteiger charge is -2.52. The molecule has 11 aliphatic rings. The zero-order valence-corrected chi connectivity index (χ0v) is 56.3. The van der Waals surface area contributed by atoms with Gasteiger partial charge in [-0.25, -0.2) is 4.79 Å². The van der Waals surface area contributed by atoms with E-state index >= 15 is 0 Å². The molecule has 3 aromatic heterocycles. The number of aromatic amines is 3. The van der Waals surface area contributed by atoms with Crippen molar-refractivity contribution in [2.24, 2.45) is 53.3 Å². The minimum atomic E-state index is -0.651. The number of aromatic hydroxyl groups is 1. The van der Waals surface area contributed by atoms with Crippen LogP contribution in [0.2, 0.25) is 0 Å². The molecule has 97 heavy (non-hydrogen) atoms. The van der Waals surface area contributed by atoms with E-state index in [1.54, 1.807) is 46.6 Å². The Morgan fingerprint density at radius 2 is 1.00 bits per heavy atom. The van der Waals surface area contributed by atoms with Crippen molar-refractivity contribution in [3.05, 3.63) is 112 Å². The lowest BCUT2D eigenvalue weighted by atomic mass is 9.63. The highest BCUT2D eigenvalue weighted by atomic mass is 16.6. The molecular weight excluding hydrogens is 1240 g/mol. The fourth-order valence-corrected chi connectivity index (χ4v) is 20.4. The molecule has 22 heteroatoms. The third kappa shape index (κ3) is 10.6. The predicted octanol–water partition coefficient (Wildman–Crippen LogP) is 9.20. The lowest BCUT2D eigenvalue weighted by Crippen LogP contribution is -2.58. The highest BCUT2D eigenvalue weighted by molar-refractivity contribution is 5.92. The Balaban J connectivity index is 0.000000118. The number of nitrogens with zero attached hydrogens (tertiary/aromatic N) is 3. The van der Waals surface area contributed by atoms with Gasteiger partial charge < -0.3 is 72.2 Å². The molecule has 4 aromatic carbocycles. The monoisotopic (exact) mass is 1330 g/mol. The summed E-state index contributed by atoms with van der Waals surface area (Å²) in [6, 6.07) is 24.2. The average Bonchev–Trinajstić information content (AvgIpc) is 1.49. The summed E-state index contributed by atoms with van der Waals surface area (Å²) in [6.07, 6.45) is 6.66. The van der Waals surface area contributed by atoms with Crippen LogP contribution < -0.4 is 18.9 Å². The molecule has 4 N–H and O–H groups in total. The van der Waals surface area contributed by atoms with E-state index in [-0.39, 0.29) is 83.4 Å². The van der Waals surface area contributed by atoms with Crippen molar-refractivity contribution in [1.29, 1.82) is 0 Å². The van der Waals surface area contributed by atoms with E-state index in [0.29, 0.717) is 59.4 Å². The first-order valence-electron chi connectivity index (χ1n) is 34.6. The smallest absolute Gasteiger partial charge is 0.338 e. The third-order valence-corrected chi connectivity index (χ3v) is 24.6. The van der Waals surface area contributed by atoms with Crippen LogP contribution in [-0.4, -0.2) is 191 Å². The topological polar surface area (TPSA) is 247 Å². The maximum absolute atomic E-state index is 13.5. The molecule has 7 aromatic rings. The van der Waals surface area contributed by atoms with Crippen molar-refractivity contribution in [3.8, 4) is 28.7 Å². The molecule has 11 heterocycles. The second-order valence-corrected chi connectivity index (χ2v) is 28.7. The molecule has 22 nitrogen and oxygen atoms in total. The number of hydrogen-bond donors (Lipinski definition) is 4. The third-order valence-electron chi connectivity index (χ3n) is 24.6. The molecule has 4 bridgehead atoms. The number of carbonyl (C=O) groups is 4. The minimum absolute atomic E-state index is 0.0112. The van der Waals surface area contributed by atoms with Gasteiger partial charge in [-0.3, -0.25) is 29.1 Å². The van der Waals surface area contributed by atoms with Crippen LogP contribution in [0.5, 0.6) is 28.7 Å². The number of phenols is 1. The number of phenolic OH excluding ortho intramolecular Hbond substituents is 1. The van der Waals surface area contributed by atoms with Crippen LogP contribution in [0.15, 0.2) is 72.8 Å². The van der Waals surface area contributed by atoms with E-state index in [2.05, 4.69) is 66.0 Å². The van der Waals surface area contributed by atoms with Crippen LogP contribution in [0.4, 0.5) is 0 Å². The number of aromatic nitrogens is 3. The highest BCUT2D eigenvalue weighted by Crippen LogP contribution is 2.56. The highest BCUT2D eigenvalue weighted by Gasteiger charge is 2.61. The number of para-hydroxylation sites is 1. The molecule has 0 amide bonds. The molecule has 3 aliphatic carbocycles. The zero-order chi connectivity index (χ0) is 66.8. The molecule has 0 radical (unpaired) electrons. The lowest BCUT2D eigenvalue weighted by molar-refractivity contribution is -0.176. The standard InChI is InChI=1S/C32H38N2O8.C22H26N2O4.C21H24N2O4/c1-37-24-12-17(13-25(38-2)29(24)39-3)31(35)42-26-14-18-16-34-11-10-20-19-8-6-7-9-22(19)33-28(20)23(34)15-21(18)27(30(26)40-4)32(36)41-5;1-26-12-3-4-13-14-5-6-24-10-11-7-18-21(27-2)19(22(25)28-18)15(11)9-17(24)20(14)23-16(13)8-12;1-26-20-17-6-10-9-23-5-4-13-12-3-2-11(24)7-15(12)22-19(13)16(23)8-14(10)18(20)21(25)27-17/h6-9,12-13,18,21,23,26-27,30,33H,10-11,14-16H2,1-5H3;3-4,8,11,15,17-19,21,23H,5-7,9-10H2,1-2H3;2-3,7,10,14,16-18,20,22,24H,4-6,8-9H2,1H3/t18-,21+,23-,26-,27+,30+;11-,15+,17-,18-,19+,21+;10-,14+,16-,17-,18+,20+/m111/s1. The van der Waals surface area contributed by atoms with Gasteiger partial charge in [0.15, 0.2) is 11.5 Å². The van der Waals surface area contributed by atoms with Crippen LogP contribution in [0.1, 0.15) is 101 Å². The van der Waals surface area contributed by atoms with Crippen LogP contribution >= 0.6 is 0 Å². The number of carbonyl (C=O) groups excluding carboxylic acids is 4. The first-order chi connectivity index (χ1) is 47.2. The maximum atomic E-state index is 13.5. The van der Waals surface area contributed by atoms with Crippen LogP contribution in [0, 0.1) is 53.3 Å². The van der Waals surface area contributed by atoms with Gasteiger partial charge in [-0.05, 0) is 152 Å². The Labute approximate surface area is 563 Å². The first-order valence-corrected chi connectivity index (χ1v) is 34.6. The first kappa shape index (κ1) is 63.9. The summed E-state index contributed by atoms with van der Waals surface area (Å²) in [5.74, 6) is 2.25. The van der Waals surface area contributed by atoms with Gasteiger partial charge in [-0.2, -0.15) is 0 Å². The second kappa shape index (κ2) is 25.5. The Hall–Kier alpha value is -7.86. The van der Waals surface area contributed by atoms with Gasteiger partial charge in [-0.15, -0.1) is 0 Å². The van der Waals surface area contributed by atoms with Crippen molar-refractivity contribution in [2.75, 3.05) is 96.1 Å². The maximum Gasteiger partial charge on any atom is 0.338 e. The molecule has 5 saturated heterocycles. The number of ether oxygens (including phenoxy) is 11. The number of piperidine rings is 3. The SMILES string of the molecule is COC(=O)[C@H]1[C@H]2C[C@@H]3c4[nH]c5ccccc5c4CCN3C[C@H]2C[C@@H](OC(=O)c2cc(OC)c(OC)c(OC)c2)[C@@H]1OC.CO[C@@H]1[C@H]2C(=O)O[C@@H]1C[C@@H]1CN3CCc4c([nH]c5cc(O)ccc45)[C@H]3C[C@@H]12.COc1ccc2c3c([nH]c2c1)[C@H]1C[C@H]2[C@H](C[C@H]4OC(=O)[C@@H]2[C@H]4OC)CN1CC3. The van der Waals surface area contributed by atoms with Gasteiger partial charge in [0.25, 0.3) is 0 Å². The number of hydrogen-bond acceptors (Lipinski definition) is 19. The van der Waals surface area contributed by atoms with Gasteiger partial charge in [0, 0.05) is 123 Å². The van der Waals surface area contributed by atoms with E-state index in [9.17, 15) is 24.3 Å². The molecule has 0 spiro atoms. The number of fused-ring (bicyclic) bond motifs is 24. The minimum Gasteiger partial charge on any atom is -0.508 e. The normalized spacial score (nSPS) is 32.7. The molecule has 8 fully saturated rings. The Morgan fingerprint density at radius 1 is 0.515 bits per heavy atom. The summed E-state index contributed by atoms with van der Waals surface area (Å²) in [5, 5.41) is 13.6. The van der Waals surface area contributed by atoms with Gasteiger partial charge in [-0.1, -0.05) is 18.2 Å². The molecular formula is C75H88N6O16. The van der Waals surface area contributed by atoms with E-state index in [0.717, 1.165) is 113 Å². The van der Waals surface area contributed by atoms with Gasteiger partial charge in [0.2, 0.25) is 5.75 Å². The molecule has 3 saturated carbocycles. The van der Waals surface area contributed by atoms with Crippen molar-refractivity contribution in [1.82, 2.24) is 29.7 Å². The molecule has 18 rings (SSSR count). The van der Waals surface area contributed by atoms with Crippen LogP contribution in [-0.2, 0) is 66.8 Å². The molecule has 18 atom stereocenters. The van der Waals surface area contributed by atoms with Gasteiger partial charge in [0.05, 0.1) is 77.0 Å². The van der Waals surface area contributed by atoms with Crippen molar-refractivity contribution in [3.63, 3.8) is 0 Å². The number of methoxy groups -OCH3 is 8. The largest absolute Gasteiger partial charge is 0.508 e. The molecule has 514 valence electrons. The van der Waals surface area contributed by atoms with Crippen molar-refractivity contribution >= 4 is 56.6 Å². The van der Waals surface area contributed by atoms with Gasteiger partial charge >= 0.3 is 23.9 Å². The number of H-pyrrole nitrogens is 3. The average molecular weight is 1330 g/mol. The van der Waals surface area contributed by atoms with Crippen LogP contribution in [0.3, 0.4) is 0 Å². The zero-order valence-electron chi connectivity index (χ0n) is 56.3. The molecule has 0 unspecified atom stereocenters. The van der Waals surface area contributed by atoms with E-state index in [1.807, 2.05) is 18.2 Å². The van der Waals surface area contributed by atoms with Crippen molar-refractivity contribution < 1.29 is 76.4 Å². The van der Waals surface area contributed by atoms with Crippen molar-refractivity contribution in [2.45, 2.75) is 113 Å². The van der Waals surface area contributed by atoms with E-state index in [4.69, 9.17) is 52.1 Å². The fraction of sp³-hybridized carbons (Fsp3) is 0.547. The summed E-state index contributed by atoms with van der Waals surface area (Å²) in [4.78, 5) is 70.6. The number of esters is 4. The summed E-state index contributed by atoms with van der Waals surface area (Å²) >= 11 is 0.